The van der Waals surface area contributed by atoms with Gasteiger partial charge >= 0.3 is 10.1 Å². The van der Waals surface area contributed by atoms with Gasteiger partial charge in [-0.25, -0.2) is 0 Å². The number of hydrogen-bond donors (Lipinski definition) is 1. The Labute approximate surface area is 73.4 Å². The van der Waals surface area contributed by atoms with Crippen LogP contribution in [0.3, 0.4) is 0 Å². The lowest BCUT2D eigenvalue weighted by Crippen LogP contribution is -1.94. The quantitative estimate of drug-likeness (QED) is 0.724. The second-order valence-electron chi connectivity index (χ2n) is 2.00. The van der Waals surface area contributed by atoms with Crippen LogP contribution in [0, 0.1) is 6.92 Å². The third kappa shape index (κ3) is 1.73. The average molecular weight is 213 g/mol. The Morgan fingerprint density at radius 3 is 2.36 bits per heavy atom. The van der Waals surface area contributed by atoms with E-state index < -0.39 is 10.1 Å². The van der Waals surface area contributed by atoms with Crippen molar-refractivity contribution in [3.05, 3.63) is 16.0 Å². The van der Waals surface area contributed by atoms with Gasteiger partial charge in [0.15, 0.2) is 4.21 Å². The summed E-state index contributed by atoms with van der Waals surface area (Å²) in [5, 5.41) is 1.68. The highest BCUT2D eigenvalue weighted by Crippen LogP contribution is 2.30. The van der Waals surface area contributed by atoms with E-state index in [1.165, 1.54) is 0 Å². The molecule has 0 radical (unpaired) electrons. The van der Waals surface area contributed by atoms with Crippen LogP contribution in [0.5, 0.6) is 0 Å². The zero-order chi connectivity index (χ0) is 8.65. The Hall–Kier alpha value is -0.100. The molecule has 0 aliphatic carbocycles. The topological polar surface area (TPSA) is 54.4 Å². The molecule has 0 bridgehead atoms. The lowest BCUT2D eigenvalue weighted by molar-refractivity contribution is 0.485. The van der Waals surface area contributed by atoms with E-state index in [9.17, 15) is 8.42 Å². The summed E-state index contributed by atoms with van der Waals surface area (Å²) >= 11 is 6.48. The van der Waals surface area contributed by atoms with Gasteiger partial charge in [-0.1, -0.05) is 11.6 Å². The lowest BCUT2D eigenvalue weighted by atomic mass is 10.4. The summed E-state index contributed by atoms with van der Waals surface area (Å²) in [7, 11) is -4.13. The number of halogens is 1. The molecule has 11 heavy (non-hydrogen) atoms. The minimum Gasteiger partial charge on any atom is -0.281 e. The van der Waals surface area contributed by atoms with E-state index in [1.807, 2.05) is 0 Å². The predicted molar refractivity (Wildman–Crippen MR) is 43.9 cm³/mol. The Morgan fingerprint density at radius 2 is 2.18 bits per heavy atom. The van der Waals surface area contributed by atoms with E-state index in [0.29, 0.717) is 5.56 Å². The number of thiophene rings is 1. The van der Waals surface area contributed by atoms with Crippen molar-refractivity contribution < 1.29 is 13.0 Å². The largest absolute Gasteiger partial charge is 0.305 e. The number of rotatable bonds is 1. The van der Waals surface area contributed by atoms with Gasteiger partial charge in [-0.05, 0) is 17.9 Å². The molecule has 1 aromatic heterocycles. The molecule has 3 nitrogen and oxygen atoms in total. The van der Waals surface area contributed by atoms with Gasteiger partial charge in [0.25, 0.3) is 0 Å². The summed E-state index contributed by atoms with van der Waals surface area (Å²) in [6.07, 6.45) is 0. The zero-order valence-corrected chi connectivity index (χ0v) is 7.92. The Bertz CT molecular complexity index is 365. The third-order valence-corrected chi connectivity index (χ3v) is 4.30. The van der Waals surface area contributed by atoms with Gasteiger partial charge in [0.2, 0.25) is 0 Å². The molecule has 1 heterocycles. The SMILES string of the molecule is Cc1csc(S(=O)(=O)O)c1Cl. The Balaban J connectivity index is 3.38. The van der Waals surface area contributed by atoms with E-state index in [4.69, 9.17) is 16.2 Å². The zero-order valence-electron chi connectivity index (χ0n) is 5.54. The second kappa shape index (κ2) is 2.75. The molecule has 0 saturated heterocycles. The van der Waals surface area contributed by atoms with Gasteiger partial charge in [-0.3, -0.25) is 4.55 Å². The highest BCUT2D eigenvalue weighted by atomic mass is 35.5. The van der Waals surface area contributed by atoms with Crippen LogP contribution in [-0.4, -0.2) is 13.0 Å². The number of hydrogen-bond acceptors (Lipinski definition) is 3. The smallest absolute Gasteiger partial charge is 0.281 e. The molecular weight excluding hydrogens is 208 g/mol. The summed E-state index contributed by atoms with van der Waals surface area (Å²) < 4.78 is 29.5. The molecule has 0 aromatic carbocycles. The monoisotopic (exact) mass is 212 g/mol. The van der Waals surface area contributed by atoms with Crippen molar-refractivity contribution in [3.8, 4) is 0 Å². The molecular formula is C5H5ClO3S2. The van der Waals surface area contributed by atoms with Crippen molar-refractivity contribution in [3.63, 3.8) is 0 Å². The first-order valence-corrected chi connectivity index (χ1v) is 5.34. The van der Waals surface area contributed by atoms with Crippen molar-refractivity contribution >= 4 is 33.1 Å². The van der Waals surface area contributed by atoms with Crippen molar-refractivity contribution in [2.45, 2.75) is 11.1 Å². The molecule has 0 fully saturated rings. The minimum atomic E-state index is -4.13. The molecule has 1 aromatic rings. The molecule has 0 amide bonds. The molecule has 0 aliphatic heterocycles. The summed E-state index contributed by atoms with van der Waals surface area (Å²) in [6, 6.07) is 0. The molecule has 0 spiro atoms. The van der Waals surface area contributed by atoms with Crippen LogP contribution in [0.2, 0.25) is 5.02 Å². The molecule has 0 unspecified atom stereocenters. The molecule has 0 atom stereocenters. The van der Waals surface area contributed by atoms with E-state index in [0.717, 1.165) is 11.3 Å². The lowest BCUT2D eigenvalue weighted by Gasteiger charge is -1.91. The van der Waals surface area contributed by atoms with Crippen LogP contribution in [0.1, 0.15) is 5.56 Å². The molecule has 0 aliphatic rings. The maximum Gasteiger partial charge on any atom is 0.305 e. The Morgan fingerprint density at radius 1 is 1.64 bits per heavy atom. The maximum atomic E-state index is 10.5. The standard InChI is InChI=1S/C5H5ClO3S2/c1-3-2-10-5(4(3)6)11(7,8)9/h2H,1H3,(H,7,8,9). The van der Waals surface area contributed by atoms with Crippen LogP contribution in [0.25, 0.3) is 0 Å². The van der Waals surface area contributed by atoms with Crippen molar-refractivity contribution in [2.75, 3.05) is 0 Å². The van der Waals surface area contributed by atoms with E-state index in [2.05, 4.69) is 0 Å². The summed E-state index contributed by atoms with van der Waals surface area (Å²) in [6.45, 7) is 1.67. The van der Waals surface area contributed by atoms with Crippen LogP contribution >= 0.6 is 22.9 Å². The fraction of sp³-hybridized carbons (Fsp3) is 0.200. The maximum absolute atomic E-state index is 10.5. The molecule has 1 N–H and O–H groups in total. The van der Waals surface area contributed by atoms with Crippen molar-refractivity contribution in [1.29, 1.82) is 0 Å². The predicted octanol–water partition coefficient (Wildman–Crippen LogP) is 1.96. The van der Waals surface area contributed by atoms with Gasteiger partial charge in [0, 0.05) is 0 Å². The fourth-order valence-corrected chi connectivity index (χ4v) is 2.81. The van der Waals surface area contributed by atoms with Crippen LogP contribution < -0.4 is 0 Å². The first kappa shape index (κ1) is 8.99. The van der Waals surface area contributed by atoms with Crippen molar-refractivity contribution in [1.82, 2.24) is 0 Å². The molecule has 6 heteroatoms. The fourth-order valence-electron chi connectivity index (χ4n) is 0.580. The highest BCUT2D eigenvalue weighted by Gasteiger charge is 2.17. The Kier molecular flexibility index (Phi) is 2.24. The summed E-state index contributed by atoms with van der Waals surface area (Å²) in [4.78, 5) is 0. The minimum absolute atomic E-state index is 0.109. The van der Waals surface area contributed by atoms with E-state index in [1.54, 1.807) is 12.3 Å². The van der Waals surface area contributed by atoms with Gasteiger partial charge in [0.05, 0.1) is 5.02 Å². The summed E-state index contributed by atoms with van der Waals surface area (Å²) in [5.41, 5.74) is 0.657. The molecule has 0 saturated carbocycles. The van der Waals surface area contributed by atoms with Gasteiger partial charge in [-0.15, -0.1) is 11.3 Å². The normalized spacial score (nSPS) is 11.9. The second-order valence-corrected chi connectivity index (χ2v) is 4.87. The van der Waals surface area contributed by atoms with E-state index in [-0.39, 0.29) is 9.23 Å². The van der Waals surface area contributed by atoms with Gasteiger partial charge in [0.1, 0.15) is 0 Å². The first-order valence-electron chi connectivity index (χ1n) is 2.64. The van der Waals surface area contributed by atoms with Gasteiger partial charge < -0.3 is 0 Å². The van der Waals surface area contributed by atoms with Gasteiger partial charge in [-0.2, -0.15) is 8.42 Å². The summed E-state index contributed by atoms with van der Waals surface area (Å²) in [5.74, 6) is 0. The van der Waals surface area contributed by atoms with Crippen LogP contribution in [0.4, 0.5) is 0 Å². The number of aryl methyl sites for hydroxylation is 1. The van der Waals surface area contributed by atoms with E-state index >= 15 is 0 Å². The van der Waals surface area contributed by atoms with Crippen molar-refractivity contribution in [2.24, 2.45) is 0 Å². The first-order chi connectivity index (χ1) is 4.93. The molecule has 1 rings (SSSR count). The molecule has 62 valence electrons. The van der Waals surface area contributed by atoms with Crippen LogP contribution in [0.15, 0.2) is 9.59 Å². The highest BCUT2D eigenvalue weighted by molar-refractivity contribution is 7.88. The average Bonchev–Trinajstić information content (AvgIpc) is 2.11. The third-order valence-electron chi connectivity index (χ3n) is 1.10. The van der Waals surface area contributed by atoms with Crippen LogP contribution in [-0.2, 0) is 10.1 Å².